The number of nitrogens with zero attached hydrogens (tertiary/aromatic N) is 2. The van der Waals surface area contributed by atoms with Crippen LogP contribution in [0.1, 0.15) is 23.1 Å². The first kappa shape index (κ1) is 18.5. The summed E-state index contributed by atoms with van der Waals surface area (Å²) < 4.78 is 10.8. The molecule has 4 rings (SSSR count). The molecule has 2 aromatic rings. The average molecular weight is 391 g/mol. The van der Waals surface area contributed by atoms with Gasteiger partial charge in [-0.15, -0.1) is 0 Å². The van der Waals surface area contributed by atoms with Gasteiger partial charge in [0, 0.05) is 17.5 Å². The lowest BCUT2D eigenvalue weighted by atomic mass is 9.84. The summed E-state index contributed by atoms with van der Waals surface area (Å²) in [6.07, 6.45) is 0.273. The van der Waals surface area contributed by atoms with E-state index in [0.717, 1.165) is 4.90 Å². The van der Waals surface area contributed by atoms with Gasteiger partial charge in [-0.3, -0.25) is 14.5 Å². The van der Waals surface area contributed by atoms with Crippen LogP contribution in [0, 0.1) is 11.3 Å². The highest BCUT2D eigenvalue weighted by molar-refractivity contribution is 6.09. The second kappa shape index (κ2) is 7.28. The number of carbonyl (C=O) groups excluding carboxylic acids is 3. The number of esters is 1. The highest BCUT2D eigenvalue weighted by Crippen LogP contribution is 2.40. The fourth-order valence-electron chi connectivity index (χ4n) is 3.60. The Morgan fingerprint density at radius 1 is 1.21 bits per heavy atom. The zero-order valence-corrected chi connectivity index (χ0v) is 15.4. The first-order valence-electron chi connectivity index (χ1n) is 9.05. The molecule has 0 aromatic heterocycles. The van der Waals surface area contributed by atoms with Crippen LogP contribution in [0.15, 0.2) is 48.5 Å². The van der Waals surface area contributed by atoms with Crippen molar-refractivity contribution in [3.8, 4) is 11.8 Å². The van der Waals surface area contributed by atoms with Gasteiger partial charge in [-0.25, -0.2) is 4.79 Å². The minimum Gasteiger partial charge on any atom is -0.493 e. The molecule has 1 saturated heterocycles. The molecule has 1 N–H and O–H groups in total. The van der Waals surface area contributed by atoms with Crippen LogP contribution in [0.5, 0.6) is 5.75 Å². The van der Waals surface area contributed by atoms with Crippen LogP contribution in [0.4, 0.5) is 4.79 Å². The van der Waals surface area contributed by atoms with Gasteiger partial charge >= 0.3 is 12.0 Å². The van der Waals surface area contributed by atoms with E-state index >= 15 is 0 Å². The maximum Gasteiger partial charge on any atom is 0.326 e. The molecule has 2 heterocycles. The molecule has 8 nitrogen and oxygen atoms in total. The van der Waals surface area contributed by atoms with E-state index in [1.54, 1.807) is 48.5 Å². The van der Waals surface area contributed by atoms with E-state index in [4.69, 9.17) is 14.7 Å². The Labute approximate surface area is 166 Å². The summed E-state index contributed by atoms with van der Waals surface area (Å²) in [6.45, 7) is -0.357. The molecule has 0 aliphatic carbocycles. The Morgan fingerprint density at radius 2 is 1.97 bits per heavy atom. The van der Waals surface area contributed by atoms with E-state index < -0.39 is 30.0 Å². The largest absolute Gasteiger partial charge is 0.493 e. The molecule has 0 radical (unpaired) electrons. The summed E-state index contributed by atoms with van der Waals surface area (Å²) in [4.78, 5) is 38.7. The topological polar surface area (TPSA) is 109 Å². The van der Waals surface area contributed by atoms with Crippen molar-refractivity contribution in [3.05, 3.63) is 65.2 Å². The van der Waals surface area contributed by atoms with Crippen LogP contribution >= 0.6 is 0 Å². The van der Waals surface area contributed by atoms with Gasteiger partial charge in [0.05, 0.1) is 18.2 Å². The highest BCUT2D eigenvalue weighted by Gasteiger charge is 2.55. The first-order valence-corrected chi connectivity index (χ1v) is 9.05. The molecule has 0 saturated carbocycles. The molecule has 1 atom stereocenters. The van der Waals surface area contributed by atoms with Crippen molar-refractivity contribution < 1.29 is 23.9 Å². The maximum atomic E-state index is 13.1. The number of carbonyl (C=O) groups is 3. The van der Waals surface area contributed by atoms with Gasteiger partial charge in [0.25, 0.3) is 5.91 Å². The zero-order chi connectivity index (χ0) is 20.4. The molecule has 0 bridgehead atoms. The van der Waals surface area contributed by atoms with E-state index in [0.29, 0.717) is 22.4 Å². The summed E-state index contributed by atoms with van der Waals surface area (Å²) >= 11 is 0. The van der Waals surface area contributed by atoms with Crippen molar-refractivity contribution in [1.29, 1.82) is 5.26 Å². The fourth-order valence-corrected chi connectivity index (χ4v) is 3.60. The van der Waals surface area contributed by atoms with E-state index in [1.165, 1.54) is 0 Å². The number of hydrogen-bond donors (Lipinski definition) is 1. The molecular weight excluding hydrogens is 374 g/mol. The van der Waals surface area contributed by atoms with Crippen molar-refractivity contribution >= 4 is 17.9 Å². The summed E-state index contributed by atoms with van der Waals surface area (Å²) in [5.41, 5.74) is 0.284. The Balaban J connectivity index is 1.48. The fraction of sp³-hybridized carbons (Fsp3) is 0.238. The third kappa shape index (κ3) is 3.17. The SMILES string of the molecule is N#Cc1ccccc1COC(=O)CN1C(=O)N[C@@]2(CCOc3ccccc32)C1=O. The van der Waals surface area contributed by atoms with Gasteiger partial charge in [0.2, 0.25) is 0 Å². The summed E-state index contributed by atoms with van der Waals surface area (Å²) in [7, 11) is 0. The van der Waals surface area contributed by atoms with Crippen LogP contribution in [0.25, 0.3) is 0 Å². The van der Waals surface area contributed by atoms with Crippen molar-refractivity contribution in [2.45, 2.75) is 18.6 Å². The molecule has 146 valence electrons. The minimum absolute atomic E-state index is 0.117. The number of ether oxygens (including phenoxy) is 2. The monoisotopic (exact) mass is 391 g/mol. The first-order chi connectivity index (χ1) is 14.0. The zero-order valence-electron chi connectivity index (χ0n) is 15.4. The number of amides is 3. The highest BCUT2D eigenvalue weighted by atomic mass is 16.5. The van der Waals surface area contributed by atoms with Gasteiger partial charge in [-0.05, 0) is 12.1 Å². The molecule has 29 heavy (non-hydrogen) atoms. The third-order valence-electron chi connectivity index (χ3n) is 5.07. The standard InChI is InChI=1S/C21H17N3O5/c22-11-14-5-1-2-6-15(14)13-29-18(25)12-24-19(26)21(23-20(24)27)9-10-28-17-8-4-3-7-16(17)21/h1-8H,9-10,12-13H2,(H,23,27)/t21-/m1/s1. The Morgan fingerprint density at radius 3 is 2.79 bits per heavy atom. The van der Waals surface area contributed by atoms with E-state index in [-0.39, 0.29) is 19.6 Å². The lowest BCUT2D eigenvalue weighted by Gasteiger charge is -2.33. The van der Waals surface area contributed by atoms with Crippen LogP contribution < -0.4 is 10.1 Å². The quantitative estimate of drug-likeness (QED) is 0.629. The predicted molar refractivity (Wildman–Crippen MR) is 99.4 cm³/mol. The third-order valence-corrected chi connectivity index (χ3v) is 5.07. The van der Waals surface area contributed by atoms with Crippen LogP contribution in [-0.2, 0) is 26.5 Å². The van der Waals surface area contributed by atoms with Crippen LogP contribution in [-0.4, -0.2) is 36.0 Å². The molecule has 2 aliphatic heterocycles. The van der Waals surface area contributed by atoms with Gasteiger partial charge in [0.1, 0.15) is 18.9 Å². The normalized spacial score (nSPS) is 19.9. The molecular formula is C21H17N3O5. The summed E-state index contributed by atoms with van der Waals surface area (Å²) in [5.74, 6) is -0.712. The second-order valence-electron chi connectivity index (χ2n) is 6.75. The Kier molecular flexibility index (Phi) is 4.64. The minimum atomic E-state index is -1.24. The van der Waals surface area contributed by atoms with E-state index in [9.17, 15) is 14.4 Å². The molecule has 1 fully saturated rings. The molecule has 1 spiro atoms. The molecule has 2 aromatic carbocycles. The van der Waals surface area contributed by atoms with Crippen LogP contribution in [0.2, 0.25) is 0 Å². The van der Waals surface area contributed by atoms with Gasteiger partial charge < -0.3 is 14.8 Å². The van der Waals surface area contributed by atoms with E-state index in [2.05, 4.69) is 5.32 Å². The molecule has 8 heteroatoms. The average Bonchev–Trinajstić information content (AvgIpc) is 2.97. The number of para-hydroxylation sites is 1. The summed E-state index contributed by atoms with van der Waals surface area (Å²) in [6, 6.07) is 15.1. The number of fused-ring (bicyclic) bond motifs is 2. The summed E-state index contributed by atoms with van der Waals surface area (Å²) in [5, 5.41) is 11.8. The number of nitrogens with one attached hydrogen (secondary N) is 1. The van der Waals surface area contributed by atoms with Crippen molar-refractivity contribution in [2.75, 3.05) is 13.2 Å². The lowest BCUT2D eigenvalue weighted by molar-refractivity contribution is -0.149. The Bertz CT molecular complexity index is 1040. The number of benzene rings is 2. The lowest BCUT2D eigenvalue weighted by Crippen LogP contribution is -2.47. The number of rotatable bonds is 4. The molecule has 0 unspecified atom stereocenters. The number of imide groups is 1. The van der Waals surface area contributed by atoms with Gasteiger partial charge in [0.15, 0.2) is 5.54 Å². The van der Waals surface area contributed by atoms with Crippen molar-refractivity contribution in [3.63, 3.8) is 0 Å². The number of nitriles is 1. The van der Waals surface area contributed by atoms with E-state index in [1.807, 2.05) is 6.07 Å². The Hall–Kier alpha value is -3.86. The van der Waals surface area contributed by atoms with Crippen LogP contribution in [0.3, 0.4) is 0 Å². The second-order valence-corrected chi connectivity index (χ2v) is 6.75. The molecule has 2 aliphatic rings. The van der Waals surface area contributed by atoms with Crippen molar-refractivity contribution in [1.82, 2.24) is 10.2 Å². The predicted octanol–water partition coefficient (Wildman–Crippen LogP) is 1.83. The smallest absolute Gasteiger partial charge is 0.326 e. The number of urea groups is 1. The van der Waals surface area contributed by atoms with Gasteiger partial charge in [-0.2, -0.15) is 5.26 Å². The molecule has 3 amide bonds. The van der Waals surface area contributed by atoms with Gasteiger partial charge in [-0.1, -0.05) is 36.4 Å². The van der Waals surface area contributed by atoms with Crippen molar-refractivity contribution in [2.24, 2.45) is 0 Å². The number of hydrogen-bond acceptors (Lipinski definition) is 6. The maximum absolute atomic E-state index is 13.1.